The molecule has 112 valence electrons. The van der Waals surface area contributed by atoms with Gasteiger partial charge in [0.2, 0.25) is 0 Å². The number of rotatable bonds is 3. The molecule has 2 saturated heterocycles. The van der Waals surface area contributed by atoms with Crippen LogP contribution in [0.2, 0.25) is 0 Å². The van der Waals surface area contributed by atoms with E-state index in [1.165, 1.54) is 32.2 Å². The van der Waals surface area contributed by atoms with Crippen molar-refractivity contribution in [3.05, 3.63) is 23.3 Å². The molecule has 0 saturated carbocycles. The third kappa shape index (κ3) is 2.63. The van der Waals surface area contributed by atoms with E-state index in [1.807, 2.05) is 6.07 Å². The molecule has 2 aliphatic rings. The molecule has 0 bridgehead atoms. The first kappa shape index (κ1) is 13.4. The lowest BCUT2D eigenvalue weighted by Gasteiger charge is -2.34. The SMILES string of the molecule is c1csc(-c2n[nH]c(C3CCCN3C3CCNCC3)n2)c1. The van der Waals surface area contributed by atoms with Crippen LogP contribution in [-0.2, 0) is 0 Å². The number of hydrogen-bond acceptors (Lipinski definition) is 5. The molecule has 2 N–H and O–H groups in total. The molecule has 0 amide bonds. The average molecular weight is 303 g/mol. The van der Waals surface area contributed by atoms with Crippen LogP contribution in [0.25, 0.3) is 10.7 Å². The number of piperidine rings is 1. The van der Waals surface area contributed by atoms with Crippen molar-refractivity contribution in [2.24, 2.45) is 0 Å². The molecular weight excluding hydrogens is 282 g/mol. The van der Waals surface area contributed by atoms with Gasteiger partial charge in [-0.1, -0.05) is 6.07 Å². The molecule has 0 aliphatic carbocycles. The van der Waals surface area contributed by atoms with Crippen molar-refractivity contribution in [3.8, 4) is 10.7 Å². The Kier molecular flexibility index (Phi) is 3.75. The van der Waals surface area contributed by atoms with Crippen molar-refractivity contribution in [2.45, 2.75) is 37.8 Å². The Morgan fingerprint density at radius 3 is 2.95 bits per heavy atom. The third-order valence-corrected chi connectivity index (χ3v) is 5.50. The number of H-pyrrole nitrogens is 1. The van der Waals surface area contributed by atoms with E-state index in [2.05, 4.69) is 31.9 Å². The summed E-state index contributed by atoms with van der Waals surface area (Å²) in [6.07, 6.45) is 4.97. The Bertz CT molecular complexity index is 573. The molecule has 6 heteroatoms. The van der Waals surface area contributed by atoms with Crippen LogP contribution in [0.3, 0.4) is 0 Å². The van der Waals surface area contributed by atoms with Crippen LogP contribution in [0.15, 0.2) is 17.5 Å². The van der Waals surface area contributed by atoms with Gasteiger partial charge in [-0.2, -0.15) is 5.10 Å². The monoisotopic (exact) mass is 303 g/mol. The summed E-state index contributed by atoms with van der Waals surface area (Å²) in [5.74, 6) is 1.89. The lowest BCUT2D eigenvalue weighted by atomic mass is 10.0. The molecule has 0 aromatic carbocycles. The van der Waals surface area contributed by atoms with E-state index in [-0.39, 0.29) is 0 Å². The summed E-state index contributed by atoms with van der Waals surface area (Å²) in [7, 11) is 0. The van der Waals surface area contributed by atoms with Gasteiger partial charge in [-0.3, -0.25) is 10.00 Å². The maximum Gasteiger partial charge on any atom is 0.191 e. The van der Waals surface area contributed by atoms with E-state index < -0.39 is 0 Å². The quantitative estimate of drug-likeness (QED) is 0.914. The Hall–Kier alpha value is -1.24. The van der Waals surface area contributed by atoms with Gasteiger partial charge in [0.1, 0.15) is 5.82 Å². The van der Waals surface area contributed by atoms with Crippen molar-refractivity contribution in [1.82, 2.24) is 25.4 Å². The summed E-state index contributed by atoms with van der Waals surface area (Å²) in [4.78, 5) is 8.56. The van der Waals surface area contributed by atoms with Gasteiger partial charge < -0.3 is 5.32 Å². The fraction of sp³-hybridized carbons (Fsp3) is 0.600. The van der Waals surface area contributed by atoms with Crippen LogP contribution in [-0.4, -0.2) is 45.8 Å². The average Bonchev–Trinajstić information content (AvgIpc) is 3.27. The Morgan fingerprint density at radius 1 is 1.24 bits per heavy atom. The summed E-state index contributed by atoms with van der Waals surface area (Å²) < 4.78 is 0. The number of nitrogens with zero attached hydrogens (tertiary/aromatic N) is 3. The van der Waals surface area contributed by atoms with Gasteiger partial charge in [0.05, 0.1) is 10.9 Å². The van der Waals surface area contributed by atoms with Gasteiger partial charge in [-0.05, 0) is 56.8 Å². The molecule has 2 aliphatic heterocycles. The van der Waals surface area contributed by atoms with Crippen molar-refractivity contribution in [3.63, 3.8) is 0 Å². The highest BCUT2D eigenvalue weighted by atomic mass is 32.1. The number of likely N-dealkylation sites (tertiary alicyclic amines) is 1. The normalized spacial score (nSPS) is 24.7. The van der Waals surface area contributed by atoms with Crippen molar-refractivity contribution < 1.29 is 0 Å². The van der Waals surface area contributed by atoms with E-state index in [4.69, 9.17) is 4.98 Å². The van der Waals surface area contributed by atoms with Crippen LogP contribution < -0.4 is 5.32 Å². The second-order valence-corrected chi connectivity index (χ2v) is 6.85. The van der Waals surface area contributed by atoms with Crippen LogP contribution in [0.1, 0.15) is 37.5 Å². The molecular formula is C15H21N5S. The van der Waals surface area contributed by atoms with Gasteiger partial charge in [-0.15, -0.1) is 11.3 Å². The number of nitrogens with one attached hydrogen (secondary N) is 2. The van der Waals surface area contributed by atoms with Gasteiger partial charge in [0.15, 0.2) is 5.82 Å². The zero-order chi connectivity index (χ0) is 14.1. The molecule has 2 fully saturated rings. The molecule has 0 radical (unpaired) electrons. The maximum atomic E-state index is 4.77. The molecule has 1 unspecified atom stereocenters. The highest BCUT2D eigenvalue weighted by Crippen LogP contribution is 2.34. The summed E-state index contributed by atoms with van der Waals surface area (Å²) in [5.41, 5.74) is 0. The van der Waals surface area contributed by atoms with Crippen molar-refractivity contribution in [1.29, 1.82) is 0 Å². The minimum atomic E-state index is 0.425. The Morgan fingerprint density at radius 2 is 2.14 bits per heavy atom. The smallest absolute Gasteiger partial charge is 0.191 e. The fourth-order valence-corrected chi connectivity index (χ4v) is 4.25. The number of aromatic nitrogens is 3. The van der Waals surface area contributed by atoms with Gasteiger partial charge in [0, 0.05) is 6.04 Å². The predicted molar refractivity (Wildman–Crippen MR) is 84.3 cm³/mol. The summed E-state index contributed by atoms with van der Waals surface area (Å²) in [6.45, 7) is 3.49. The highest BCUT2D eigenvalue weighted by Gasteiger charge is 2.34. The van der Waals surface area contributed by atoms with Crippen LogP contribution >= 0.6 is 11.3 Å². The molecule has 2 aromatic heterocycles. The first-order valence-electron chi connectivity index (χ1n) is 7.84. The summed E-state index contributed by atoms with van der Waals surface area (Å²) >= 11 is 1.69. The minimum Gasteiger partial charge on any atom is -0.317 e. The zero-order valence-electron chi connectivity index (χ0n) is 12.1. The van der Waals surface area contributed by atoms with E-state index >= 15 is 0 Å². The molecule has 4 rings (SSSR count). The standard InChI is InChI=1S/C15H21N5S/c1-3-12(20(9-1)11-5-7-16-8-6-11)14-17-15(19-18-14)13-4-2-10-21-13/h2,4,10-12,16H,1,3,5-9H2,(H,17,18,19). The van der Waals surface area contributed by atoms with Crippen molar-refractivity contribution >= 4 is 11.3 Å². The molecule has 1 atom stereocenters. The topological polar surface area (TPSA) is 56.8 Å². The lowest BCUT2D eigenvalue weighted by Crippen LogP contribution is -2.42. The van der Waals surface area contributed by atoms with Crippen molar-refractivity contribution in [2.75, 3.05) is 19.6 Å². The van der Waals surface area contributed by atoms with Crippen LogP contribution in [0.4, 0.5) is 0 Å². The zero-order valence-corrected chi connectivity index (χ0v) is 12.9. The van der Waals surface area contributed by atoms with Gasteiger partial charge in [-0.25, -0.2) is 4.98 Å². The maximum absolute atomic E-state index is 4.77. The number of hydrogen-bond donors (Lipinski definition) is 2. The van der Waals surface area contributed by atoms with Crippen LogP contribution in [0, 0.1) is 0 Å². The first-order valence-corrected chi connectivity index (χ1v) is 8.72. The molecule has 21 heavy (non-hydrogen) atoms. The second kappa shape index (κ2) is 5.87. The highest BCUT2D eigenvalue weighted by molar-refractivity contribution is 7.13. The second-order valence-electron chi connectivity index (χ2n) is 5.90. The van der Waals surface area contributed by atoms with E-state index in [1.54, 1.807) is 11.3 Å². The van der Waals surface area contributed by atoms with Gasteiger partial charge >= 0.3 is 0 Å². The lowest BCUT2D eigenvalue weighted by molar-refractivity contribution is 0.143. The van der Waals surface area contributed by atoms with E-state index in [9.17, 15) is 0 Å². The number of aromatic amines is 1. The Labute approximate surface area is 128 Å². The Balaban J connectivity index is 1.54. The number of thiophene rings is 1. The fourth-order valence-electron chi connectivity index (χ4n) is 3.60. The summed E-state index contributed by atoms with van der Waals surface area (Å²) in [5, 5.41) is 13.1. The first-order chi connectivity index (χ1) is 10.4. The summed E-state index contributed by atoms with van der Waals surface area (Å²) in [6, 6.07) is 5.26. The minimum absolute atomic E-state index is 0.425. The largest absolute Gasteiger partial charge is 0.317 e. The van der Waals surface area contributed by atoms with E-state index in [0.29, 0.717) is 12.1 Å². The third-order valence-electron chi connectivity index (χ3n) is 4.63. The van der Waals surface area contributed by atoms with Crippen LogP contribution in [0.5, 0.6) is 0 Å². The van der Waals surface area contributed by atoms with Gasteiger partial charge in [0.25, 0.3) is 0 Å². The molecule has 2 aromatic rings. The molecule has 0 spiro atoms. The predicted octanol–water partition coefficient (Wildman–Crippen LogP) is 2.42. The van der Waals surface area contributed by atoms with E-state index in [0.717, 1.165) is 29.6 Å². The molecule has 4 heterocycles. The molecule has 5 nitrogen and oxygen atoms in total.